The third-order valence-corrected chi connectivity index (χ3v) is 3.22. The second-order valence-electron chi connectivity index (χ2n) is 4.51. The van der Waals surface area contributed by atoms with Crippen LogP contribution >= 0.6 is 0 Å². The third kappa shape index (κ3) is 1.71. The Morgan fingerprint density at radius 2 is 1.95 bits per heavy atom. The summed E-state index contributed by atoms with van der Waals surface area (Å²) in [4.78, 5) is 8.12. The lowest BCUT2D eigenvalue weighted by atomic mass is 10.0. The van der Waals surface area contributed by atoms with Crippen LogP contribution in [0, 0.1) is 13.8 Å². The monoisotopic (exact) mass is 255 g/mol. The van der Waals surface area contributed by atoms with Gasteiger partial charge >= 0.3 is 0 Å². The summed E-state index contributed by atoms with van der Waals surface area (Å²) in [7, 11) is 0. The number of hydrogen-bond acceptors (Lipinski definition) is 4. The Balaban J connectivity index is 2.41. The highest BCUT2D eigenvalue weighted by Crippen LogP contribution is 2.32. The van der Waals surface area contributed by atoms with Crippen molar-refractivity contribution in [3.05, 3.63) is 41.7 Å². The molecule has 0 saturated carbocycles. The van der Waals surface area contributed by atoms with Crippen LogP contribution in [0.2, 0.25) is 0 Å². The van der Waals surface area contributed by atoms with Gasteiger partial charge in [-0.2, -0.15) is 4.98 Å². The molecule has 19 heavy (non-hydrogen) atoms. The third-order valence-electron chi connectivity index (χ3n) is 3.22. The van der Waals surface area contributed by atoms with E-state index < -0.39 is 0 Å². The summed E-state index contributed by atoms with van der Waals surface area (Å²) in [5.41, 5.74) is 3.36. The maximum Gasteiger partial charge on any atom is 0.237 e. The molecule has 2 aromatic heterocycles. The van der Waals surface area contributed by atoms with Crippen LogP contribution in [0.25, 0.3) is 17.0 Å². The predicted octanol–water partition coefficient (Wildman–Crippen LogP) is 2.42. The first-order chi connectivity index (χ1) is 9.08. The summed E-state index contributed by atoms with van der Waals surface area (Å²) < 4.78 is 1.83. The minimum Gasteiger partial charge on any atom is -0.508 e. The molecule has 5 heteroatoms. The Kier molecular flexibility index (Phi) is 2.41. The number of nitrogens with zero attached hydrogens (tertiary/aromatic N) is 3. The van der Waals surface area contributed by atoms with Crippen LogP contribution < -0.4 is 0 Å². The van der Waals surface area contributed by atoms with E-state index in [2.05, 4.69) is 9.97 Å². The van der Waals surface area contributed by atoms with Gasteiger partial charge in [-0.1, -0.05) is 0 Å². The first kappa shape index (κ1) is 11.5. The number of phenolic OH excluding ortho intramolecular Hbond substituents is 1. The number of rotatable bonds is 1. The van der Waals surface area contributed by atoms with Crippen LogP contribution in [0.3, 0.4) is 0 Å². The normalized spacial score (nSPS) is 11.1. The van der Waals surface area contributed by atoms with Crippen LogP contribution in [-0.4, -0.2) is 24.6 Å². The molecule has 0 aliphatic carbocycles. The molecule has 0 aliphatic rings. The number of aryl methyl sites for hydroxylation is 1. The van der Waals surface area contributed by atoms with E-state index >= 15 is 0 Å². The second-order valence-corrected chi connectivity index (χ2v) is 4.51. The highest BCUT2D eigenvalue weighted by atomic mass is 16.3. The zero-order chi connectivity index (χ0) is 13.6. The summed E-state index contributed by atoms with van der Waals surface area (Å²) in [6, 6.07) is 5.14. The first-order valence-corrected chi connectivity index (χ1v) is 5.90. The molecule has 0 aliphatic heterocycles. The Hall–Kier alpha value is -2.56. The zero-order valence-electron chi connectivity index (χ0n) is 10.6. The summed E-state index contributed by atoms with van der Waals surface area (Å²) in [5, 5.41) is 19.4. The quantitative estimate of drug-likeness (QED) is 0.700. The fourth-order valence-corrected chi connectivity index (χ4v) is 2.26. The first-order valence-electron chi connectivity index (χ1n) is 5.90. The number of aromatic nitrogens is 3. The maximum absolute atomic E-state index is 9.91. The van der Waals surface area contributed by atoms with Gasteiger partial charge in [0.1, 0.15) is 5.75 Å². The minimum absolute atomic E-state index is 0.0267. The van der Waals surface area contributed by atoms with Gasteiger partial charge in [-0.25, -0.2) is 4.98 Å². The fourth-order valence-electron chi connectivity index (χ4n) is 2.26. The number of imidazole rings is 1. The lowest BCUT2D eigenvalue weighted by molar-refractivity contribution is 0.449. The molecule has 5 nitrogen and oxygen atoms in total. The molecule has 0 amide bonds. The molecule has 3 aromatic rings. The van der Waals surface area contributed by atoms with Crippen LogP contribution in [-0.2, 0) is 0 Å². The van der Waals surface area contributed by atoms with E-state index in [9.17, 15) is 10.2 Å². The summed E-state index contributed by atoms with van der Waals surface area (Å²) in [6.45, 7) is 3.72. The van der Waals surface area contributed by atoms with Crippen LogP contribution in [0.5, 0.6) is 11.6 Å². The number of phenols is 1. The minimum atomic E-state index is -0.0267. The Labute approximate surface area is 109 Å². The van der Waals surface area contributed by atoms with E-state index in [0.717, 1.165) is 16.8 Å². The standard InChI is InChI=1S/C14H13N3O2/c1-8-7-10(18)3-4-11(8)12-9(2)13(19)16-14-15-5-6-17(12)14/h3-7,18H,1-2H3,(H,15,16,19). The summed E-state index contributed by atoms with van der Waals surface area (Å²) in [6.07, 6.45) is 3.44. The summed E-state index contributed by atoms with van der Waals surface area (Å²) in [5.74, 6) is 0.644. The predicted molar refractivity (Wildman–Crippen MR) is 71.2 cm³/mol. The molecular weight excluding hydrogens is 242 g/mol. The average molecular weight is 255 g/mol. The molecule has 0 unspecified atom stereocenters. The van der Waals surface area contributed by atoms with Gasteiger partial charge in [0.05, 0.1) is 5.69 Å². The molecule has 0 saturated heterocycles. The van der Waals surface area contributed by atoms with Gasteiger partial charge in [0.25, 0.3) is 0 Å². The zero-order valence-corrected chi connectivity index (χ0v) is 10.6. The van der Waals surface area contributed by atoms with Gasteiger partial charge in [-0.3, -0.25) is 4.40 Å². The Morgan fingerprint density at radius 3 is 2.68 bits per heavy atom. The summed E-state index contributed by atoms with van der Waals surface area (Å²) >= 11 is 0. The van der Waals surface area contributed by atoms with Crippen LogP contribution in [0.15, 0.2) is 30.6 Å². The van der Waals surface area contributed by atoms with Gasteiger partial charge in [-0.05, 0) is 37.6 Å². The van der Waals surface area contributed by atoms with Gasteiger partial charge in [0, 0.05) is 23.5 Å². The Morgan fingerprint density at radius 1 is 1.16 bits per heavy atom. The van der Waals surface area contributed by atoms with Crippen molar-refractivity contribution in [2.75, 3.05) is 0 Å². The van der Waals surface area contributed by atoms with Gasteiger partial charge in [-0.15, -0.1) is 0 Å². The van der Waals surface area contributed by atoms with E-state index in [1.54, 1.807) is 24.5 Å². The molecule has 0 bridgehead atoms. The van der Waals surface area contributed by atoms with Crippen molar-refractivity contribution in [1.29, 1.82) is 0 Å². The smallest absolute Gasteiger partial charge is 0.237 e. The topological polar surface area (TPSA) is 70.7 Å². The van der Waals surface area contributed by atoms with Gasteiger partial charge in [0.2, 0.25) is 11.7 Å². The second kappa shape index (κ2) is 3.98. The highest BCUT2D eigenvalue weighted by molar-refractivity contribution is 5.71. The lowest BCUT2D eigenvalue weighted by Crippen LogP contribution is -1.99. The number of aromatic hydroxyl groups is 2. The molecule has 3 rings (SSSR count). The molecule has 0 fully saturated rings. The number of fused-ring (bicyclic) bond motifs is 1. The van der Waals surface area contributed by atoms with E-state index in [1.807, 2.05) is 24.3 Å². The van der Waals surface area contributed by atoms with E-state index in [4.69, 9.17) is 0 Å². The molecule has 2 heterocycles. The Bertz CT molecular complexity index is 778. The molecule has 96 valence electrons. The maximum atomic E-state index is 9.91. The van der Waals surface area contributed by atoms with E-state index in [1.165, 1.54) is 0 Å². The number of hydrogen-bond donors (Lipinski definition) is 2. The largest absolute Gasteiger partial charge is 0.508 e. The molecule has 2 N–H and O–H groups in total. The molecule has 1 aromatic carbocycles. The van der Waals surface area contributed by atoms with Crippen molar-refractivity contribution in [1.82, 2.24) is 14.4 Å². The molecule has 0 atom stereocenters. The van der Waals surface area contributed by atoms with Crippen molar-refractivity contribution in [2.24, 2.45) is 0 Å². The average Bonchev–Trinajstić information content (AvgIpc) is 2.80. The van der Waals surface area contributed by atoms with Gasteiger partial charge in [0.15, 0.2) is 0 Å². The van der Waals surface area contributed by atoms with E-state index in [0.29, 0.717) is 11.3 Å². The fraction of sp³-hybridized carbons (Fsp3) is 0.143. The molecule has 0 spiro atoms. The lowest BCUT2D eigenvalue weighted by Gasteiger charge is -2.13. The highest BCUT2D eigenvalue weighted by Gasteiger charge is 2.15. The van der Waals surface area contributed by atoms with Crippen molar-refractivity contribution in [3.63, 3.8) is 0 Å². The van der Waals surface area contributed by atoms with Crippen molar-refractivity contribution >= 4 is 5.78 Å². The van der Waals surface area contributed by atoms with E-state index in [-0.39, 0.29) is 11.6 Å². The molecule has 0 radical (unpaired) electrons. The number of benzene rings is 1. The van der Waals surface area contributed by atoms with Crippen molar-refractivity contribution in [2.45, 2.75) is 13.8 Å². The van der Waals surface area contributed by atoms with Crippen LogP contribution in [0.1, 0.15) is 11.1 Å². The van der Waals surface area contributed by atoms with Gasteiger partial charge < -0.3 is 10.2 Å². The van der Waals surface area contributed by atoms with Crippen molar-refractivity contribution in [3.8, 4) is 22.9 Å². The SMILES string of the molecule is Cc1cc(O)ccc1-c1c(C)c(O)nc2nccn12. The molecular formula is C14H13N3O2. The van der Waals surface area contributed by atoms with Crippen LogP contribution in [0.4, 0.5) is 0 Å². The van der Waals surface area contributed by atoms with Crippen molar-refractivity contribution < 1.29 is 10.2 Å².